The first-order chi connectivity index (χ1) is 9.10. The van der Waals surface area contributed by atoms with Crippen molar-refractivity contribution in [2.24, 2.45) is 0 Å². The summed E-state index contributed by atoms with van der Waals surface area (Å²) >= 11 is 3.39. The molecule has 1 heterocycles. The van der Waals surface area contributed by atoms with Crippen LogP contribution < -0.4 is 0 Å². The number of halogens is 1. The number of ketones is 1. The van der Waals surface area contributed by atoms with Crippen LogP contribution in [-0.2, 0) is 6.54 Å². The van der Waals surface area contributed by atoms with Gasteiger partial charge in [0.05, 0.1) is 10.2 Å². The van der Waals surface area contributed by atoms with Crippen molar-refractivity contribution in [2.45, 2.75) is 13.5 Å². The maximum absolute atomic E-state index is 11.9. The molecule has 4 nitrogen and oxygen atoms in total. The number of aromatic nitrogens is 2. The summed E-state index contributed by atoms with van der Waals surface area (Å²) in [4.78, 5) is 11.9. The van der Waals surface area contributed by atoms with Crippen molar-refractivity contribution in [1.82, 2.24) is 9.78 Å². The summed E-state index contributed by atoms with van der Waals surface area (Å²) in [5.41, 5.74) is 1.24. The highest BCUT2D eigenvalue weighted by Crippen LogP contribution is 2.17. The van der Waals surface area contributed by atoms with Crippen LogP contribution in [0.3, 0.4) is 0 Å². The molecule has 0 spiro atoms. The van der Waals surface area contributed by atoms with E-state index in [4.69, 9.17) is 5.11 Å². The SMILES string of the molecule is CCn1cc(Br)c(/C=C/C(=O)c2ccc(O)cc2)n1. The average molecular weight is 321 g/mol. The standard InChI is InChI=1S/C14H13BrN2O2/c1-2-17-9-12(15)13(16-17)7-8-14(19)10-3-5-11(18)6-4-10/h3-9,18H,2H2,1H3/b8-7+. The quantitative estimate of drug-likeness (QED) is 0.694. The number of carbonyl (C=O) groups is 1. The molecule has 0 amide bonds. The van der Waals surface area contributed by atoms with Crippen molar-refractivity contribution in [2.75, 3.05) is 0 Å². The third-order valence-corrected chi connectivity index (χ3v) is 3.22. The molecule has 1 aromatic heterocycles. The zero-order valence-corrected chi connectivity index (χ0v) is 12.0. The summed E-state index contributed by atoms with van der Waals surface area (Å²) in [6, 6.07) is 6.15. The van der Waals surface area contributed by atoms with Gasteiger partial charge in [0.1, 0.15) is 5.75 Å². The van der Waals surface area contributed by atoms with E-state index < -0.39 is 0 Å². The van der Waals surface area contributed by atoms with Crippen LogP contribution in [-0.4, -0.2) is 20.7 Å². The highest BCUT2D eigenvalue weighted by molar-refractivity contribution is 9.10. The van der Waals surface area contributed by atoms with Crippen LogP contribution in [0.25, 0.3) is 6.08 Å². The molecule has 19 heavy (non-hydrogen) atoms. The summed E-state index contributed by atoms with van der Waals surface area (Å²) in [5.74, 6) is 0.0166. The molecule has 0 radical (unpaired) electrons. The summed E-state index contributed by atoms with van der Waals surface area (Å²) in [5, 5.41) is 13.5. The van der Waals surface area contributed by atoms with Crippen molar-refractivity contribution in [3.8, 4) is 5.75 Å². The van der Waals surface area contributed by atoms with E-state index >= 15 is 0 Å². The number of aryl methyl sites for hydroxylation is 1. The first kappa shape index (κ1) is 13.5. The number of nitrogens with zero attached hydrogens (tertiary/aromatic N) is 2. The van der Waals surface area contributed by atoms with Crippen LogP contribution in [0.5, 0.6) is 5.75 Å². The Kier molecular flexibility index (Phi) is 4.16. The predicted octanol–water partition coefficient (Wildman–Crippen LogP) is 3.27. The Morgan fingerprint density at radius 2 is 2.11 bits per heavy atom. The minimum atomic E-state index is -0.127. The van der Waals surface area contributed by atoms with E-state index in [1.165, 1.54) is 18.2 Å². The molecule has 0 aliphatic heterocycles. The molecule has 5 heteroatoms. The lowest BCUT2D eigenvalue weighted by Gasteiger charge is -1.95. The largest absolute Gasteiger partial charge is 0.508 e. The van der Waals surface area contributed by atoms with Gasteiger partial charge in [-0.05, 0) is 59.3 Å². The van der Waals surface area contributed by atoms with Crippen molar-refractivity contribution in [3.05, 3.63) is 52.3 Å². The van der Waals surface area contributed by atoms with E-state index in [1.54, 1.807) is 22.9 Å². The molecular weight excluding hydrogens is 308 g/mol. The van der Waals surface area contributed by atoms with Crippen molar-refractivity contribution in [1.29, 1.82) is 0 Å². The molecule has 0 unspecified atom stereocenters. The number of allylic oxidation sites excluding steroid dienone is 1. The van der Waals surface area contributed by atoms with Gasteiger partial charge in [-0.25, -0.2) is 0 Å². The Hall–Kier alpha value is -1.88. The van der Waals surface area contributed by atoms with Gasteiger partial charge in [0.25, 0.3) is 0 Å². The molecule has 1 aromatic carbocycles. The number of hydrogen-bond acceptors (Lipinski definition) is 3. The van der Waals surface area contributed by atoms with Gasteiger partial charge >= 0.3 is 0 Å². The van der Waals surface area contributed by atoms with Gasteiger partial charge in [-0.2, -0.15) is 5.10 Å². The van der Waals surface area contributed by atoms with Crippen LogP contribution in [0.1, 0.15) is 23.0 Å². The lowest BCUT2D eigenvalue weighted by molar-refractivity contribution is 0.104. The first-order valence-electron chi connectivity index (χ1n) is 5.84. The molecule has 2 aromatic rings. The first-order valence-corrected chi connectivity index (χ1v) is 6.64. The van der Waals surface area contributed by atoms with Gasteiger partial charge in [0.2, 0.25) is 0 Å². The monoisotopic (exact) mass is 320 g/mol. The predicted molar refractivity (Wildman–Crippen MR) is 77.1 cm³/mol. The van der Waals surface area contributed by atoms with Crippen LogP contribution in [0.2, 0.25) is 0 Å². The number of benzene rings is 1. The topological polar surface area (TPSA) is 55.1 Å². The van der Waals surface area contributed by atoms with Gasteiger partial charge in [-0.3, -0.25) is 9.48 Å². The average Bonchev–Trinajstić information content (AvgIpc) is 2.77. The molecule has 0 saturated carbocycles. The third-order valence-electron chi connectivity index (χ3n) is 2.61. The van der Waals surface area contributed by atoms with Crippen molar-refractivity contribution in [3.63, 3.8) is 0 Å². The van der Waals surface area contributed by atoms with Crippen molar-refractivity contribution >= 4 is 27.8 Å². The third kappa shape index (κ3) is 3.32. The van der Waals surface area contributed by atoms with Gasteiger partial charge in [-0.15, -0.1) is 0 Å². The lowest BCUT2D eigenvalue weighted by atomic mass is 10.1. The van der Waals surface area contributed by atoms with Crippen LogP contribution in [0, 0.1) is 0 Å². The van der Waals surface area contributed by atoms with Gasteiger partial charge in [-0.1, -0.05) is 0 Å². The molecule has 0 aliphatic rings. The maximum atomic E-state index is 11.9. The molecular formula is C14H13BrN2O2. The fourth-order valence-corrected chi connectivity index (χ4v) is 2.01. The van der Waals surface area contributed by atoms with E-state index in [1.807, 2.05) is 13.1 Å². The fourth-order valence-electron chi connectivity index (χ4n) is 1.56. The Morgan fingerprint density at radius 1 is 1.42 bits per heavy atom. The number of carbonyl (C=O) groups excluding carboxylic acids is 1. The summed E-state index contributed by atoms with van der Waals surface area (Å²) in [6.45, 7) is 2.77. The summed E-state index contributed by atoms with van der Waals surface area (Å²) < 4.78 is 2.64. The lowest BCUT2D eigenvalue weighted by Crippen LogP contribution is -1.95. The summed E-state index contributed by atoms with van der Waals surface area (Å²) in [7, 11) is 0. The zero-order chi connectivity index (χ0) is 13.8. The van der Waals surface area contributed by atoms with E-state index in [9.17, 15) is 4.79 Å². The number of rotatable bonds is 4. The summed E-state index contributed by atoms with van der Waals surface area (Å²) in [6.07, 6.45) is 5.01. The van der Waals surface area contributed by atoms with Crippen molar-refractivity contribution < 1.29 is 9.90 Å². The highest BCUT2D eigenvalue weighted by Gasteiger charge is 2.05. The zero-order valence-electron chi connectivity index (χ0n) is 10.4. The van der Waals surface area contributed by atoms with Gasteiger partial charge in [0.15, 0.2) is 5.78 Å². The number of phenolic OH excluding ortho intramolecular Hbond substituents is 1. The van der Waals surface area contributed by atoms with E-state index in [0.717, 1.165) is 11.0 Å². The van der Waals surface area contributed by atoms with Gasteiger partial charge < -0.3 is 5.11 Å². The number of hydrogen-bond donors (Lipinski definition) is 1. The Bertz CT molecular complexity index is 615. The smallest absolute Gasteiger partial charge is 0.185 e. The molecule has 1 N–H and O–H groups in total. The molecule has 0 aliphatic carbocycles. The second-order valence-electron chi connectivity index (χ2n) is 3.96. The van der Waals surface area contributed by atoms with Gasteiger partial charge in [0, 0.05) is 18.3 Å². The maximum Gasteiger partial charge on any atom is 0.185 e. The highest BCUT2D eigenvalue weighted by atomic mass is 79.9. The second-order valence-corrected chi connectivity index (χ2v) is 4.82. The van der Waals surface area contributed by atoms with Crippen LogP contribution >= 0.6 is 15.9 Å². The molecule has 2 rings (SSSR count). The van der Waals surface area contributed by atoms with Crippen LogP contribution in [0.15, 0.2) is 41.0 Å². The van der Waals surface area contributed by atoms with E-state index in [0.29, 0.717) is 11.3 Å². The minimum absolute atomic E-state index is 0.127. The number of aromatic hydroxyl groups is 1. The Labute approximate surface area is 119 Å². The Morgan fingerprint density at radius 3 is 2.68 bits per heavy atom. The molecule has 0 atom stereocenters. The molecule has 98 valence electrons. The molecule has 0 fully saturated rings. The Balaban J connectivity index is 2.15. The normalized spacial score (nSPS) is 11.1. The van der Waals surface area contributed by atoms with E-state index in [-0.39, 0.29) is 11.5 Å². The van der Waals surface area contributed by atoms with Crippen LogP contribution in [0.4, 0.5) is 0 Å². The molecule has 0 bridgehead atoms. The molecule has 0 saturated heterocycles. The fraction of sp³-hybridized carbons (Fsp3) is 0.143. The van der Waals surface area contributed by atoms with E-state index in [2.05, 4.69) is 21.0 Å². The minimum Gasteiger partial charge on any atom is -0.508 e. The number of phenols is 1. The second kappa shape index (κ2) is 5.84.